The lowest BCUT2D eigenvalue weighted by molar-refractivity contribution is -0.143. The lowest BCUT2D eigenvalue weighted by atomic mass is 9.98. The second kappa shape index (κ2) is 25.8. The Morgan fingerprint density at radius 3 is 1.49 bits per heavy atom. The molecule has 0 radical (unpaired) electrons. The zero-order valence-electron chi connectivity index (χ0n) is 36.0. The Morgan fingerprint density at radius 2 is 1.11 bits per heavy atom. The monoisotopic (exact) mass is 932 g/mol. The predicted octanol–water partition coefficient (Wildman–Crippen LogP) is 6.81. The van der Waals surface area contributed by atoms with Crippen LogP contribution in [0.1, 0.15) is 46.4 Å². The van der Waals surface area contributed by atoms with Crippen molar-refractivity contribution < 1.29 is 29.0 Å². The Kier molecular flexibility index (Phi) is 20.4. The normalized spacial score (nSPS) is 18.9. The van der Waals surface area contributed by atoms with Crippen LogP contribution in [0.15, 0.2) is 97.1 Å². The minimum Gasteiger partial charge on any atom is -0.480 e. The lowest BCUT2D eigenvalue weighted by Gasteiger charge is -2.19. The summed E-state index contributed by atoms with van der Waals surface area (Å²) < 4.78 is 4.90. The second-order valence-electron chi connectivity index (χ2n) is 15.5. The third-order valence-electron chi connectivity index (χ3n) is 10.8. The Bertz CT molecular complexity index is 2100. The smallest absolute Gasteiger partial charge is 0.328 e. The number of benzene rings is 4. The Labute approximate surface area is 390 Å². The molecule has 12 nitrogen and oxygen atoms in total. The fourth-order valence-electron chi connectivity index (χ4n) is 7.40. The third kappa shape index (κ3) is 15.4. The number of hydrogen-bond acceptors (Lipinski definition) is 13. The lowest BCUT2D eigenvalue weighted by Crippen LogP contribution is -2.42. The fraction of sp³-hybridized carbons (Fsp3) is 0.404. The van der Waals surface area contributed by atoms with E-state index in [1.54, 1.807) is 29.6 Å². The summed E-state index contributed by atoms with van der Waals surface area (Å²) in [5, 5.41) is 29.5. The van der Waals surface area contributed by atoms with Gasteiger partial charge in [-0.1, -0.05) is 72.8 Å². The van der Waals surface area contributed by atoms with Gasteiger partial charge in [-0.3, -0.25) is 9.59 Å². The van der Waals surface area contributed by atoms with Crippen molar-refractivity contribution in [3.8, 4) is 22.3 Å². The van der Waals surface area contributed by atoms with Crippen molar-refractivity contribution in [3.63, 3.8) is 0 Å². The van der Waals surface area contributed by atoms with Gasteiger partial charge >= 0.3 is 11.9 Å². The number of carbonyl (C=O) groups is 4. The molecule has 0 aromatic heterocycles. The summed E-state index contributed by atoms with van der Waals surface area (Å²) in [5.74, 6) is -0.731. The first-order chi connectivity index (χ1) is 30.5. The number of amides is 2. The highest BCUT2D eigenvalue weighted by atomic mass is 32.2. The molecule has 63 heavy (non-hydrogen) atoms. The van der Waals surface area contributed by atoms with Gasteiger partial charge in [-0.25, -0.2) is 9.59 Å². The topological polar surface area (TPSA) is 170 Å². The molecule has 16 heteroatoms. The number of thiol groups is 2. The maximum absolute atomic E-state index is 13.3. The van der Waals surface area contributed by atoms with E-state index < -0.39 is 24.0 Å². The molecule has 0 spiro atoms. The second-order valence-corrected chi connectivity index (χ2v) is 18.9. The van der Waals surface area contributed by atoms with Gasteiger partial charge in [0, 0.05) is 71.3 Å². The molecule has 338 valence electrons. The third-order valence-corrected chi connectivity index (χ3v) is 12.9. The van der Waals surface area contributed by atoms with E-state index in [9.17, 15) is 24.3 Å². The number of carbonyl (C=O) groups excluding carboxylic acids is 3. The van der Waals surface area contributed by atoms with Gasteiger partial charge < -0.3 is 41.7 Å². The summed E-state index contributed by atoms with van der Waals surface area (Å²) in [7, 11) is 1.34. The molecule has 2 amide bonds. The van der Waals surface area contributed by atoms with Crippen molar-refractivity contribution >= 4 is 83.9 Å². The van der Waals surface area contributed by atoms with Crippen molar-refractivity contribution in [2.75, 3.05) is 67.9 Å². The molecule has 6 rings (SSSR count). The number of rotatable bonds is 20. The average molecular weight is 933 g/mol. The van der Waals surface area contributed by atoms with Crippen LogP contribution in [0.25, 0.3) is 22.3 Å². The quantitative estimate of drug-likeness (QED) is 0.0336. The van der Waals surface area contributed by atoms with E-state index in [2.05, 4.69) is 57.2 Å². The predicted molar refractivity (Wildman–Crippen MR) is 267 cm³/mol. The van der Waals surface area contributed by atoms with Crippen molar-refractivity contribution in [2.24, 2.45) is 0 Å². The maximum Gasteiger partial charge on any atom is 0.328 e. The molecule has 2 heterocycles. The SMILES string of the molecule is COC(=O)[C@H](CCSC)NC(=O)c1cc(NC[C@@H]2C[C@H](S)CN2)ccc1-c1ccccc1.CSCC[C@H](NC(=O)c1cc(NC[C@@H]2C[C@H](S)CN2)ccc1-c1ccccc1)C(=O)O. The number of aliphatic carboxylic acids is 1. The summed E-state index contributed by atoms with van der Waals surface area (Å²) in [6, 6.07) is 29.9. The van der Waals surface area contributed by atoms with Gasteiger partial charge in [-0.2, -0.15) is 48.8 Å². The van der Waals surface area contributed by atoms with Gasteiger partial charge in [0.15, 0.2) is 0 Å². The van der Waals surface area contributed by atoms with Crippen LogP contribution in [0.4, 0.5) is 11.4 Å². The molecule has 2 saturated heterocycles. The van der Waals surface area contributed by atoms with E-state index in [4.69, 9.17) is 4.74 Å². The number of methoxy groups -OCH3 is 1. The summed E-state index contributed by atoms with van der Waals surface area (Å²) in [5.41, 5.74) is 6.10. The van der Waals surface area contributed by atoms with Crippen LogP contribution in [-0.2, 0) is 14.3 Å². The van der Waals surface area contributed by atoms with Crippen molar-refractivity contribution in [1.82, 2.24) is 21.3 Å². The van der Waals surface area contributed by atoms with E-state index in [1.165, 1.54) is 7.11 Å². The summed E-state index contributed by atoms with van der Waals surface area (Å²) in [6.45, 7) is 3.28. The number of ether oxygens (including phenoxy) is 1. The highest BCUT2D eigenvalue weighted by Gasteiger charge is 2.26. The highest BCUT2D eigenvalue weighted by molar-refractivity contribution is 7.98. The number of esters is 1. The number of nitrogens with one attached hydrogen (secondary N) is 6. The standard InChI is InChI=1S/C24H31N3O3S2.C23H29N3O3S2/c1-30-24(29)22(10-11-32-2)27-23(28)21-13-17(25-14-18-12-19(31)15-26-18)8-9-20(21)16-6-4-3-5-7-16;1-31-10-9-21(23(28)29)26-22(27)20-12-16(24-13-17-11-18(30)14-25-17)7-8-19(20)15-5-3-2-4-6-15/h3-9,13,18-19,22,25-26,31H,10-12,14-15H2,1-2H3,(H,27,28);2-8,12,17-18,21,24-25,30H,9-11,13-14H2,1H3,(H,26,27)(H,28,29)/t18-,19-,22-;17-,18-,21-/m00/s1. The molecule has 2 fully saturated rings. The first-order valence-corrected chi connectivity index (χ1v) is 24.9. The molecular formula is C47H60N6O6S4. The van der Waals surface area contributed by atoms with Crippen LogP contribution in [0, 0.1) is 0 Å². The highest BCUT2D eigenvalue weighted by Crippen LogP contribution is 2.29. The maximum atomic E-state index is 13.3. The van der Waals surface area contributed by atoms with E-state index >= 15 is 0 Å². The molecule has 4 aromatic carbocycles. The number of carboxylic acids is 1. The van der Waals surface area contributed by atoms with Gasteiger partial charge in [-0.05, 0) is 96.2 Å². The first kappa shape index (κ1) is 49.7. The van der Waals surface area contributed by atoms with Crippen LogP contribution in [0.3, 0.4) is 0 Å². The van der Waals surface area contributed by atoms with Crippen LogP contribution in [-0.4, -0.2) is 121 Å². The molecule has 0 unspecified atom stereocenters. The van der Waals surface area contributed by atoms with Crippen LogP contribution in [0.2, 0.25) is 0 Å². The largest absolute Gasteiger partial charge is 0.480 e. The first-order valence-electron chi connectivity index (χ1n) is 21.1. The molecule has 4 aromatic rings. The van der Waals surface area contributed by atoms with E-state index in [0.717, 1.165) is 78.4 Å². The van der Waals surface area contributed by atoms with E-state index in [1.807, 2.05) is 104 Å². The molecule has 6 atom stereocenters. The minimum absolute atomic E-state index is 0.293. The molecule has 2 aliphatic rings. The van der Waals surface area contributed by atoms with Crippen LogP contribution in [0.5, 0.6) is 0 Å². The molecule has 0 saturated carbocycles. The van der Waals surface area contributed by atoms with Crippen LogP contribution >= 0.6 is 48.8 Å². The number of carboxylic acid groups (broad SMARTS) is 1. The Balaban J connectivity index is 0.000000238. The molecule has 0 aliphatic carbocycles. The number of thioether (sulfide) groups is 2. The molecule has 2 aliphatic heterocycles. The average Bonchev–Trinajstić information content (AvgIpc) is 3.94. The number of anilines is 2. The summed E-state index contributed by atoms with van der Waals surface area (Å²) >= 11 is 12.2. The fourth-order valence-corrected chi connectivity index (χ4v) is 9.07. The van der Waals surface area contributed by atoms with Crippen molar-refractivity contribution in [3.05, 3.63) is 108 Å². The van der Waals surface area contributed by atoms with Gasteiger partial charge in [0.25, 0.3) is 11.8 Å². The van der Waals surface area contributed by atoms with Gasteiger partial charge in [0.2, 0.25) is 0 Å². The van der Waals surface area contributed by atoms with Crippen LogP contribution < -0.4 is 31.9 Å². The van der Waals surface area contributed by atoms with Gasteiger partial charge in [0.05, 0.1) is 7.11 Å². The zero-order valence-corrected chi connectivity index (χ0v) is 39.4. The van der Waals surface area contributed by atoms with E-state index in [-0.39, 0.29) is 11.8 Å². The molecular weight excluding hydrogens is 873 g/mol. The summed E-state index contributed by atoms with van der Waals surface area (Å²) in [4.78, 5) is 50.3. The Morgan fingerprint density at radius 1 is 0.683 bits per heavy atom. The van der Waals surface area contributed by atoms with Gasteiger partial charge in [-0.15, -0.1) is 0 Å². The van der Waals surface area contributed by atoms with Crippen molar-refractivity contribution in [2.45, 2.75) is 60.4 Å². The van der Waals surface area contributed by atoms with Gasteiger partial charge in [0.1, 0.15) is 12.1 Å². The zero-order chi connectivity index (χ0) is 45.1. The van der Waals surface area contributed by atoms with E-state index in [0.29, 0.717) is 52.3 Å². The van der Waals surface area contributed by atoms with Crippen molar-refractivity contribution in [1.29, 1.82) is 0 Å². The molecule has 0 bridgehead atoms. The minimum atomic E-state index is -1.02. The number of hydrogen-bond donors (Lipinski definition) is 9. The Hall–Kier alpha value is -4.32. The molecule has 7 N–H and O–H groups in total. The summed E-state index contributed by atoms with van der Waals surface area (Å²) in [6.07, 6.45) is 6.76.